The fourth-order valence-electron chi connectivity index (χ4n) is 3.46. The second kappa shape index (κ2) is 8.36. The highest BCUT2D eigenvalue weighted by molar-refractivity contribution is 6.04. The molecule has 1 amide bonds. The number of piperidine rings is 1. The summed E-state index contributed by atoms with van der Waals surface area (Å²) in [6, 6.07) is 5.90. The van der Waals surface area contributed by atoms with Crippen molar-refractivity contribution in [1.82, 2.24) is 19.8 Å². The molecule has 0 unspecified atom stereocenters. The molecular formula is C19H26N4O2. The van der Waals surface area contributed by atoms with E-state index in [1.807, 2.05) is 23.1 Å². The molecule has 0 N–H and O–H groups in total. The van der Waals surface area contributed by atoms with Crippen molar-refractivity contribution in [1.29, 1.82) is 0 Å². The molecule has 1 aliphatic heterocycles. The molecule has 0 aliphatic carbocycles. The fourth-order valence-corrected chi connectivity index (χ4v) is 3.46. The first-order chi connectivity index (χ1) is 12.2. The van der Waals surface area contributed by atoms with Gasteiger partial charge in [0.2, 0.25) is 0 Å². The third kappa shape index (κ3) is 4.14. The maximum atomic E-state index is 13.3. The maximum Gasteiger partial charge on any atom is 0.256 e. The van der Waals surface area contributed by atoms with Crippen molar-refractivity contribution in [2.45, 2.75) is 25.3 Å². The number of methoxy groups -OCH3 is 1. The van der Waals surface area contributed by atoms with Crippen molar-refractivity contribution < 1.29 is 9.53 Å². The Hall–Kier alpha value is -2.05. The average Bonchev–Trinajstić information content (AvgIpc) is 2.65. The molecule has 6 heteroatoms. The molecule has 134 valence electrons. The van der Waals surface area contributed by atoms with E-state index in [0.717, 1.165) is 37.9 Å². The highest BCUT2D eigenvalue weighted by Crippen LogP contribution is 2.22. The Balaban J connectivity index is 1.87. The molecular weight excluding hydrogens is 316 g/mol. The molecule has 1 aromatic heterocycles. The number of carbonyl (C=O) groups excluding carboxylic acids is 1. The van der Waals surface area contributed by atoms with Crippen LogP contribution in [0.1, 0.15) is 29.6 Å². The molecule has 0 atom stereocenters. The zero-order valence-corrected chi connectivity index (χ0v) is 15.0. The van der Waals surface area contributed by atoms with Crippen LogP contribution in [0.4, 0.5) is 0 Å². The molecule has 1 saturated heterocycles. The van der Waals surface area contributed by atoms with Crippen molar-refractivity contribution in [2.75, 3.05) is 40.4 Å². The summed E-state index contributed by atoms with van der Waals surface area (Å²) in [7, 11) is 3.83. The normalized spacial score (nSPS) is 16.2. The van der Waals surface area contributed by atoms with Crippen LogP contribution < -0.4 is 0 Å². The Bertz CT molecular complexity index is 708. The predicted molar refractivity (Wildman–Crippen MR) is 97.6 cm³/mol. The number of hydrogen-bond donors (Lipinski definition) is 0. The molecule has 2 heterocycles. The number of nitrogens with zero attached hydrogens (tertiary/aromatic N) is 4. The van der Waals surface area contributed by atoms with Gasteiger partial charge >= 0.3 is 0 Å². The number of rotatable bonds is 6. The number of aromatic nitrogens is 2. The van der Waals surface area contributed by atoms with E-state index < -0.39 is 0 Å². The largest absolute Gasteiger partial charge is 0.385 e. The standard InChI is InChI=1S/C19H26N4O2/c1-22-12-7-15(8-13-22)23(11-4-14-25-2)19(24)16-5-3-6-17-18(16)21-10-9-20-17/h3,5-6,9-10,15H,4,7-8,11-14H2,1-2H3. The van der Waals surface area contributed by atoms with E-state index in [9.17, 15) is 4.79 Å². The Labute approximate surface area is 148 Å². The zero-order valence-electron chi connectivity index (χ0n) is 15.0. The summed E-state index contributed by atoms with van der Waals surface area (Å²) in [5.74, 6) is 0.0526. The lowest BCUT2D eigenvalue weighted by molar-refractivity contribution is 0.0566. The van der Waals surface area contributed by atoms with Gasteiger partial charge in [-0.25, -0.2) is 0 Å². The Morgan fingerprint density at radius 2 is 2.04 bits per heavy atom. The summed E-state index contributed by atoms with van der Waals surface area (Å²) >= 11 is 0. The van der Waals surface area contributed by atoms with Gasteiger partial charge in [0.15, 0.2) is 0 Å². The second-order valence-electron chi connectivity index (χ2n) is 6.61. The molecule has 25 heavy (non-hydrogen) atoms. The highest BCUT2D eigenvalue weighted by Gasteiger charge is 2.28. The van der Waals surface area contributed by atoms with E-state index in [-0.39, 0.29) is 11.9 Å². The molecule has 1 aliphatic rings. The minimum atomic E-state index is 0.0526. The monoisotopic (exact) mass is 342 g/mol. The van der Waals surface area contributed by atoms with Crippen LogP contribution in [0, 0.1) is 0 Å². The molecule has 3 rings (SSSR count). The van der Waals surface area contributed by atoms with Crippen molar-refractivity contribution in [2.24, 2.45) is 0 Å². The lowest BCUT2D eigenvalue weighted by Crippen LogP contribution is -2.47. The molecule has 0 bridgehead atoms. The molecule has 1 aromatic carbocycles. The number of hydrogen-bond acceptors (Lipinski definition) is 5. The van der Waals surface area contributed by atoms with Gasteiger partial charge in [0.25, 0.3) is 5.91 Å². The number of amides is 1. The lowest BCUT2D eigenvalue weighted by atomic mass is 10.0. The molecule has 0 spiro atoms. The van der Waals surface area contributed by atoms with Gasteiger partial charge in [-0.15, -0.1) is 0 Å². The van der Waals surface area contributed by atoms with Crippen LogP contribution in [0.5, 0.6) is 0 Å². The lowest BCUT2D eigenvalue weighted by Gasteiger charge is -2.37. The number of benzene rings is 1. The van der Waals surface area contributed by atoms with Gasteiger partial charge in [-0.1, -0.05) is 6.07 Å². The Kier molecular flexibility index (Phi) is 5.94. The van der Waals surface area contributed by atoms with Crippen LogP contribution in [-0.2, 0) is 4.74 Å². The third-order valence-electron chi connectivity index (χ3n) is 4.87. The van der Waals surface area contributed by atoms with Gasteiger partial charge in [-0.3, -0.25) is 14.8 Å². The Morgan fingerprint density at radius 1 is 1.28 bits per heavy atom. The smallest absolute Gasteiger partial charge is 0.256 e. The molecule has 2 aromatic rings. The van der Waals surface area contributed by atoms with Gasteiger partial charge in [0.05, 0.1) is 11.1 Å². The van der Waals surface area contributed by atoms with Gasteiger partial charge in [0.1, 0.15) is 5.52 Å². The minimum absolute atomic E-state index is 0.0526. The van der Waals surface area contributed by atoms with Crippen LogP contribution in [0.2, 0.25) is 0 Å². The summed E-state index contributed by atoms with van der Waals surface area (Å²) in [4.78, 5) is 26.4. The van der Waals surface area contributed by atoms with Crippen LogP contribution in [0.15, 0.2) is 30.6 Å². The van der Waals surface area contributed by atoms with Crippen molar-refractivity contribution >= 4 is 16.9 Å². The summed E-state index contributed by atoms with van der Waals surface area (Å²) < 4.78 is 5.18. The van der Waals surface area contributed by atoms with E-state index in [1.54, 1.807) is 19.5 Å². The van der Waals surface area contributed by atoms with Crippen LogP contribution in [-0.4, -0.2) is 72.1 Å². The summed E-state index contributed by atoms with van der Waals surface area (Å²) in [5, 5.41) is 0. The van der Waals surface area contributed by atoms with E-state index in [0.29, 0.717) is 24.2 Å². The van der Waals surface area contributed by atoms with Crippen LogP contribution >= 0.6 is 0 Å². The molecule has 0 radical (unpaired) electrons. The van der Waals surface area contributed by atoms with Gasteiger partial charge < -0.3 is 14.5 Å². The second-order valence-corrected chi connectivity index (χ2v) is 6.61. The summed E-state index contributed by atoms with van der Waals surface area (Å²) in [6.07, 6.45) is 6.15. The first-order valence-corrected chi connectivity index (χ1v) is 8.89. The predicted octanol–water partition coefficient (Wildman–Crippen LogP) is 2.20. The Morgan fingerprint density at radius 3 is 2.80 bits per heavy atom. The van der Waals surface area contributed by atoms with Gasteiger partial charge in [-0.05, 0) is 51.5 Å². The maximum absolute atomic E-state index is 13.3. The molecule has 0 saturated carbocycles. The summed E-state index contributed by atoms with van der Waals surface area (Å²) in [5.41, 5.74) is 2.08. The van der Waals surface area contributed by atoms with Crippen molar-refractivity contribution in [3.8, 4) is 0 Å². The van der Waals surface area contributed by atoms with Crippen molar-refractivity contribution in [3.63, 3.8) is 0 Å². The summed E-state index contributed by atoms with van der Waals surface area (Å²) in [6.45, 7) is 3.41. The van der Waals surface area contributed by atoms with E-state index >= 15 is 0 Å². The number of likely N-dealkylation sites (tertiary alicyclic amines) is 1. The first-order valence-electron chi connectivity index (χ1n) is 8.89. The SMILES string of the molecule is COCCCN(C(=O)c1cccc2nccnc12)C1CCN(C)CC1. The third-order valence-corrected chi connectivity index (χ3v) is 4.87. The van der Waals surface area contributed by atoms with Crippen LogP contribution in [0.3, 0.4) is 0 Å². The van der Waals surface area contributed by atoms with E-state index in [1.165, 1.54) is 0 Å². The first kappa shape index (κ1) is 17.8. The van der Waals surface area contributed by atoms with E-state index in [2.05, 4.69) is 21.9 Å². The minimum Gasteiger partial charge on any atom is -0.385 e. The van der Waals surface area contributed by atoms with Gasteiger partial charge in [0, 0.05) is 38.7 Å². The quantitative estimate of drug-likeness (QED) is 0.753. The highest BCUT2D eigenvalue weighted by atomic mass is 16.5. The number of para-hydroxylation sites is 1. The fraction of sp³-hybridized carbons (Fsp3) is 0.526. The van der Waals surface area contributed by atoms with Crippen LogP contribution in [0.25, 0.3) is 11.0 Å². The average molecular weight is 342 g/mol. The molecule has 6 nitrogen and oxygen atoms in total. The van der Waals surface area contributed by atoms with E-state index in [4.69, 9.17) is 4.74 Å². The zero-order chi connectivity index (χ0) is 17.6. The number of ether oxygens (including phenoxy) is 1. The number of fused-ring (bicyclic) bond motifs is 1. The topological polar surface area (TPSA) is 58.6 Å². The van der Waals surface area contributed by atoms with Gasteiger partial charge in [-0.2, -0.15) is 0 Å². The number of carbonyl (C=O) groups is 1. The van der Waals surface area contributed by atoms with Crippen molar-refractivity contribution in [3.05, 3.63) is 36.2 Å². The molecule has 1 fully saturated rings.